The third-order valence-corrected chi connectivity index (χ3v) is 3.41. The number of unbranched alkanes of at least 4 members (excludes halogenated alkanes) is 4. The normalized spacial score (nSPS) is 13.7. The number of amides is 2. The molecule has 0 saturated heterocycles. The third-order valence-electron chi connectivity index (χ3n) is 3.41. The van der Waals surface area contributed by atoms with Gasteiger partial charge >= 0.3 is 0 Å². The molecule has 0 aromatic carbocycles. The Balaban J connectivity index is 2.45. The lowest BCUT2D eigenvalue weighted by Crippen LogP contribution is -2.44. The van der Waals surface area contributed by atoms with E-state index in [-0.39, 0.29) is 25.0 Å². The fourth-order valence-electron chi connectivity index (χ4n) is 2.17. The molecule has 2 amide bonds. The molecule has 1 aliphatic heterocycles. The Morgan fingerprint density at radius 2 is 1.09 bits per heavy atom. The smallest absolute Gasteiger partial charge is 0.245 e. The van der Waals surface area contributed by atoms with Crippen LogP contribution in [0.2, 0.25) is 0 Å². The van der Waals surface area contributed by atoms with E-state index in [1.54, 1.807) is 24.6 Å². The van der Waals surface area contributed by atoms with Gasteiger partial charge in [0.1, 0.15) is 0 Å². The molecule has 1 aliphatic rings. The average molecular weight is 310 g/mol. The van der Waals surface area contributed by atoms with Crippen molar-refractivity contribution in [2.75, 3.05) is 13.2 Å². The zero-order valence-electron chi connectivity index (χ0n) is 13.0. The van der Waals surface area contributed by atoms with Crippen LogP contribution in [0, 0.1) is 0 Å². The second-order valence-electron chi connectivity index (χ2n) is 5.23. The Hall–Kier alpha value is -1.66. The maximum Gasteiger partial charge on any atom is 0.245 e. The minimum Gasteiger partial charge on any atom is -0.396 e. The summed E-state index contributed by atoms with van der Waals surface area (Å²) in [7, 11) is 0. The van der Waals surface area contributed by atoms with Crippen LogP contribution in [-0.2, 0) is 9.59 Å². The molecule has 0 bridgehead atoms. The van der Waals surface area contributed by atoms with Gasteiger partial charge < -0.3 is 10.2 Å². The number of hydrazine groups is 1. The predicted molar refractivity (Wildman–Crippen MR) is 83.1 cm³/mol. The summed E-state index contributed by atoms with van der Waals surface area (Å²) in [5.74, 6) is -0.246. The zero-order valence-corrected chi connectivity index (χ0v) is 13.0. The zero-order chi connectivity index (χ0) is 16.2. The van der Waals surface area contributed by atoms with Crippen LogP contribution >= 0.6 is 0 Å². The monoisotopic (exact) mass is 310 g/mol. The molecule has 0 aromatic heterocycles. The molecule has 2 N–H and O–H groups in total. The molecule has 0 fully saturated rings. The van der Waals surface area contributed by atoms with E-state index >= 15 is 0 Å². The van der Waals surface area contributed by atoms with E-state index in [1.807, 2.05) is 0 Å². The van der Waals surface area contributed by atoms with Gasteiger partial charge in [-0.05, 0) is 37.8 Å². The molecule has 6 heteroatoms. The van der Waals surface area contributed by atoms with Gasteiger partial charge in [0, 0.05) is 38.5 Å². The van der Waals surface area contributed by atoms with Crippen molar-refractivity contribution in [1.29, 1.82) is 0 Å². The summed E-state index contributed by atoms with van der Waals surface area (Å²) in [4.78, 5) is 24.4. The molecule has 0 aliphatic carbocycles. The fourth-order valence-corrected chi connectivity index (χ4v) is 2.17. The lowest BCUT2D eigenvalue weighted by atomic mass is 10.2. The first-order valence-electron chi connectivity index (χ1n) is 7.91. The summed E-state index contributed by atoms with van der Waals surface area (Å²) < 4.78 is 0. The second kappa shape index (κ2) is 11.0. The van der Waals surface area contributed by atoms with Crippen molar-refractivity contribution in [1.82, 2.24) is 10.0 Å². The lowest BCUT2D eigenvalue weighted by molar-refractivity contribution is -0.153. The second-order valence-corrected chi connectivity index (χ2v) is 5.23. The molecule has 1 heterocycles. The number of carbonyl (C=O) groups excluding carboxylic acids is 2. The van der Waals surface area contributed by atoms with Crippen molar-refractivity contribution >= 4 is 11.8 Å². The van der Waals surface area contributed by atoms with E-state index in [4.69, 9.17) is 10.2 Å². The van der Waals surface area contributed by atoms with Crippen LogP contribution in [0.25, 0.3) is 0 Å². The van der Waals surface area contributed by atoms with Crippen molar-refractivity contribution < 1.29 is 19.8 Å². The highest BCUT2D eigenvalue weighted by molar-refractivity contribution is 5.84. The van der Waals surface area contributed by atoms with Crippen molar-refractivity contribution in [3.8, 4) is 0 Å². The van der Waals surface area contributed by atoms with Crippen LogP contribution < -0.4 is 0 Å². The summed E-state index contributed by atoms with van der Waals surface area (Å²) in [5.41, 5.74) is 0. The number of carbonyl (C=O) groups is 2. The summed E-state index contributed by atoms with van der Waals surface area (Å²) in [5, 5.41) is 20.2. The van der Waals surface area contributed by atoms with E-state index < -0.39 is 0 Å². The van der Waals surface area contributed by atoms with Gasteiger partial charge in [0.05, 0.1) is 0 Å². The SMILES string of the molecule is O=C(CCCCCO)N1C=CC=CN1C(=O)CCCCCO. The highest BCUT2D eigenvalue weighted by Crippen LogP contribution is 2.14. The Kier molecular flexibility index (Phi) is 9.18. The quantitative estimate of drug-likeness (QED) is 0.602. The van der Waals surface area contributed by atoms with Crippen molar-refractivity contribution in [3.05, 3.63) is 24.6 Å². The first-order valence-corrected chi connectivity index (χ1v) is 7.91. The van der Waals surface area contributed by atoms with Crippen LogP contribution in [-0.4, -0.2) is 45.3 Å². The first-order chi connectivity index (χ1) is 10.7. The van der Waals surface area contributed by atoms with E-state index in [0.29, 0.717) is 38.5 Å². The third kappa shape index (κ3) is 6.41. The van der Waals surface area contributed by atoms with Gasteiger partial charge in [0.15, 0.2) is 0 Å². The Bertz CT molecular complexity index is 369. The molecule has 22 heavy (non-hydrogen) atoms. The minimum absolute atomic E-state index is 0.123. The Morgan fingerprint density at radius 3 is 1.45 bits per heavy atom. The molecule has 0 spiro atoms. The minimum atomic E-state index is -0.123. The maximum atomic E-state index is 12.2. The Morgan fingerprint density at radius 1 is 0.682 bits per heavy atom. The topological polar surface area (TPSA) is 81.1 Å². The molecule has 0 saturated carbocycles. The largest absolute Gasteiger partial charge is 0.396 e. The molecular formula is C16H26N2O4. The van der Waals surface area contributed by atoms with Gasteiger partial charge in [0.2, 0.25) is 11.8 Å². The van der Waals surface area contributed by atoms with E-state index in [2.05, 4.69) is 0 Å². The summed E-state index contributed by atoms with van der Waals surface area (Å²) in [6, 6.07) is 0. The maximum absolute atomic E-state index is 12.2. The van der Waals surface area contributed by atoms with Gasteiger partial charge in [-0.2, -0.15) is 0 Å². The molecule has 124 valence electrons. The number of allylic oxidation sites excluding steroid dienone is 2. The molecular weight excluding hydrogens is 284 g/mol. The van der Waals surface area contributed by atoms with Crippen molar-refractivity contribution in [2.24, 2.45) is 0 Å². The van der Waals surface area contributed by atoms with E-state index in [1.165, 1.54) is 10.0 Å². The molecule has 0 aromatic rings. The van der Waals surface area contributed by atoms with Crippen LogP contribution in [0.4, 0.5) is 0 Å². The summed E-state index contributed by atoms with van der Waals surface area (Å²) >= 11 is 0. The van der Waals surface area contributed by atoms with Gasteiger partial charge in [-0.1, -0.05) is 12.8 Å². The number of aliphatic hydroxyl groups is 2. The van der Waals surface area contributed by atoms with Crippen LogP contribution in [0.5, 0.6) is 0 Å². The number of nitrogens with zero attached hydrogens (tertiary/aromatic N) is 2. The first kappa shape index (κ1) is 18.4. The standard InChI is InChI=1S/C16H26N2O4/c19-13-7-1-3-9-15(21)17-11-5-6-12-18(17)16(22)10-4-2-8-14-20/h5-6,11-12,19-20H,1-4,7-10,13-14H2. The van der Waals surface area contributed by atoms with E-state index in [9.17, 15) is 9.59 Å². The molecule has 0 radical (unpaired) electrons. The molecule has 1 rings (SSSR count). The number of hydrogen-bond acceptors (Lipinski definition) is 4. The van der Waals surface area contributed by atoms with Gasteiger partial charge in [-0.3, -0.25) is 9.59 Å². The molecule has 0 unspecified atom stereocenters. The van der Waals surface area contributed by atoms with Crippen LogP contribution in [0.15, 0.2) is 24.6 Å². The summed E-state index contributed by atoms with van der Waals surface area (Å²) in [6.45, 7) is 0.276. The van der Waals surface area contributed by atoms with Gasteiger partial charge in [0.25, 0.3) is 0 Å². The predicted octanol–water partition coefficient (Wildman–Crippen LogP) is 1.71. The molecule has 6 nitrogen and oxygen atoms in total. The highest BCUT2D eigenvalue weighted by Gasteiger charge is 2.23. The Labute approximate surface area is 131 Å². The average Bonchev–Trinajstić information content (AvgIpc) is 2.55. The van der Waals surface area contributed by atoms with Crippen molar-refractivity contribution in [2.45, 2.75) is 51.4 Å². The van der Waals surface area contributed by atoms with E-state index in [0.717, 1.165) is 12.8 Å². The number of aliphatic hydroxyl groups excluding tert-OH is 2. The fraction of sp³-hybridized carbons (Fsp3) is 0.625. The number of hydrogen-bond donors (Lipinski definition) is 2. The molecule has 0 atom stereocenters. The van der Waals surface area contributed by atoms with Crippen molar-refractivity contribution in [3.63, 3.8) is 0 Å². The van der Waals surface area contributed by atoms with Gasteiger partial charge in [-0.25, -0.2) is 10.0 Å². The van der Waals surface area contributed by atoms with Gasteiger partial charge in [-0.15, -0.1) is 0 Å². The summed E-state index contributed by atoms with van der Waals surface area (Å²) in [6.07, 6.45) is 11.7. The highest BCUT2D eigenvalue weighted by atomic mass is 16.3. The van der Waals surface area contributed by atoms with Crippen LogP contribution in [0.1, 0.15) is 51.4 Å². The lowest BCUT2D eigenvalue weighted by Gasteiger charge is -2.31. The number of rotatable bonds is 10. The van der Waals surface area contributed by atoms with Crippen LogP contribution in [0.3, 0.4) is 0 Å².